The van der Waals surface area contributed by atoms with Crippen LogP contribution in [-0.2, 0) is 0 Å². The molecule has 0 radical (unpaired) electrons. The molecule has 2 aliphatic heterocycles. The molecule has 7 heteroatoms. The fourth-order valence-corrected chi connectivity index (χ4v) is 3.44. The van der Waals surface area contributed by atoms with E-state index in [1.165, 1.54) is 0 Å². The summed E-state index contributed by atoms with van der Waals surface area (Å²) in [6, 6.07) is 15.5. The number of amides is 2. The lowest BCUT2D eigenvalue weighted by Gasteiger charge is -2.36. The van der Waals surface area contributed by atoms with E-state index in [0.717, 1.165) is 36.0 Å². The third-order valence-electron chi connectivity index (χ3n) is 5.05. The molecule has 1 atom stereocenters. The van der Waals surface area contributed by atoms with Gasteiger partial charge >= 0.3 is 6.03 Å². The van der Waals surface area contributed by atoms with Crippen LogP contribution >= 0.6 is 0 Å². The highest BCUT2D eigenvalue weighted by Gasteiger charge is 2.24. The Morgan fingerprint density at radius 3 is 2.50 bits per heavy atom. The highest BCUT2D eigenvalue weighted by molar-refractivity contribution is 5.74. The number of piperazine rings is 1. The molecule has 4 rings (SSSR count). The number of rotatable bonds is 4. The van der Waals surface area contributed by atoms with Gasteiger partial charge in [0.2, 0.25) is 0 Å². The Hall–Kier alpha value is -3.09. The van der Waals surface area contributed by atoms with Crippen LogP contribution in [0.15, 0.2) is 48.5 Å². The van der Waals surface area contributed by atoms with Gasteiger partial charge in [0.1, 0.15) is 12.4 Å². The number of benzene rings is 2. The van der Waals surface area contributed by atoms with Crippen molar-refractivity contribution in [3.63, 3.8) is 0 Å². The molecule has 0 spiro atoms. The summed E-state index contributed by atoms with van der Waals surface area (Å²) in [6.07, 6.45) is -0.181. The van der Waals surface area contributed by atoms with Crippen LogP contribution in [0.1, 0.15) is 0 Å². The van der Waals surface area contributed by atoms with Crippen molar-refractivity contribution < 1.29 is 19.0 Å². The third kappa shape index (κ3) is 4.08. The Labute approximate surface area is 164 Å². The summed E-state index contributed by atoms with van der Waals surface area (Å²) < 4.78 is 16.8. The molecular weight excluding hydrogens is 358 g/mol. The second kappa shape index (κ2) is 8.29. The summed E-state index contributed by atoms with van der Waals surface area (Å²) >= 11 is 0. The monoisotopic (exact) mass is 383 g/mol. The number of methoxy groups -OCH3 is 1. The van der Waals surface area contributed by atoms with Gasteiger partial charge in [-0.25, -0.2) is 4.79 Å². The third-order valence-corrected chi connectivity index (χ3v) is 5.05. The lowest BCUT2D eigenvalue weighted by atomic mass is 10.2. The second-order valence-corrected chi connectivity index (χ2v) is 6.86. The van der Waals surface area contributed by atoms with Crippen molar-refractivity contribution in [2.75, 3.05) is 51.3 Å². The van der Waals surface area contributed by atoms with E-state index in [0.29, 0.717) is 26.2 Å². The first kappa shape index (κ1) is 18.3. The van der Waals surface area contributed by atoms with Crippen LogP contribution in [0.3, 0.4) is 0 Å². The van der Waals surface area contributed by atoms with E-state index in [2.05, 4.69) is 10.2 Å². The average Bonchev–Trinajstić information content (AvgIpc) is 2.77. The molecule has 28 heavy (non-hydrogen) atoms. The number of urea groups is 1. The molecule has 0 bridgehead atoms. The van der Waals surface area contributed by atoms with E-state index in [4.69, 9.17) is 14.2 Å². The molecular formula is C21H25N3O4. The Balaban J connectivity index is 1.23. The van der Waals surface area contributed by atoms with Crippen LogP contribution in [0.2, 0.25) is 0 Å². The number of hydrogen-bond acceptors (Lipinski definition) is 5. The zero-order valence-corrected chi connectivity index (χ0v) is 16.0. The Kier molecular flexibility index (Phi) is 5.41. The average molecular weight is 383 g/mol. The minimum Gasteiger partial charge on any atom is -0.497 e. The van der Waals surface area contributed by atoms with Crippen molar-refractivity contribution in [1.82, 2.24) is 10.2 Å². The highest BCUT2D eigenvalue weighted by Crippen LogP contribution is 2.30. The van der Waals surface area contributed by atoms with Crippen LogP contribution < -0.4 is 24.4 Å². The molecule has 2 amide bonds. The number of nitrogens with zero attached hydrogens (tertiary/aromatic N) is 2. The molecule has 0 unspecified atom stereocenters. The first-order valence-corrected chi connectivity index (χ1v) is 9.53. The fourth-order valence-electron chi connectivity index (χ4n) is 3.44. The van der Waals surface area contributed by atoms with Gasteiger partial charge in [0.25, 0.3) is 0 Å². The molecule has 1 fully saturated rings. The van der Waals surface area contributed by atoms with E-state index in [-0.39, 0.29) is 12.1 Å². The molecule has 0 aliphatic carbocycles. The zero-order valence-electron chi connectivity index (χ0n) is 16.0. The first-order valence-electron chi connectivity index (χ1n) is 9.53. The molecule has 7 nitrogen and oxygen atoms in total. The number of anilines is 1. The van der Waals surface area contributed by atoms with Crippen LogP contribution in [-0.4, -0.2) is 63.5 Å². The van der Waals surface area contributed by atoms with Crippen LogP contribution in [0.5, 0.6) is 17.2 Å². The van der Waals surface area contributed by atoms with Crippen LogP contribution in [0.25, 0.3) is 0 Å². The van der Waals surface area contributed by atoms with E-state index >= 15 is 0 Å². The number of fused-ring (bicyclic) bond motifs is 1. The quantitative estimate of drug-likeness (QED) is 0.878. The molecule has 0 aromatic heterocycles. The van der Waals surface area contributed by atoms with Crippen molar-refractivity contribution >= 4 is 11.7 Å². The van der Waals surface area contributed by atoms with Gasteiger partial charge in [-0.2, -0.15) is 0 Å². The molecule has 2 aromatic rings. The zero-order chi connectivity index (χ0) is 19.3. The SMILES string of the molecule is COc1ccc(N2CCN(C(=O)NC[C@@H]3COc4ccccc4O3)CC2)cc1. The smallest absolute Gasteiger partial charge is 0.317 e. The summed E-state index contributed by atoms with van der Waals surface area (Å²) in [5, 5.41) is 2.97. The van der Waals surface area contributed by atoms with Crippen molar-refractivity contribution in [1.29, 1.82) is 0 Å². The maximum atomic E-state index is 12.5. The second-order valence-electron chi connectivity index (χ2n) is 6.86. The summed E-state index contributed by atoms with van der Waals surface area (Å²) in [6.45, 7) is 3.83. The summed E-state index contributed by atoms with van der Waals surface area (Å²) in [5.74, 6) is 2.32. The molecule has 2 heterocycles. The van der Waals surface area contributed by atoms with Gasteiger partial charge < -0.3 is 29.3 Å². The fraction of sp³-hybridized carbons (Fsp3) is 0.381. The maximum absolute atomic E-state index is 12.5. The van der Waals surface area contributed by atoms with E-state index < -0.39 is 0 Å². The van der Waals surface area contributed by atoms with Crippen molar-refractivity contribution in [2.24, 2.45) is 0 Å². The van der Waals surface area contributed by atoms with Gasteiger partial charge in [-0.15, -0.1) is 0 Å². The lowest BCUT2D eigenvalue weighted by molar-refractivity contribution is 0.0900. The minimum atomic E-state index is -0.181. The van der Waals surface area contributed by atoms with E-state index in [1.54, 1.807) is 7.11 Å². The van der Waals surface area contributed by atoms with Crippen molar-refractivity contribution in [3.8, 4) is 17.2 Å². The molecule has 2 aromatic carbocycles. The predicted molar refractivity (Wildman–Crippen MR) is 107 cm³/mol. The predicted octanol–water partition coefficient (Wildman–Crippen LogP) is 2.37. The van der Waals surface area contributed by atoms with Gasteiger partial charge in [0, 0.05) is 31.9 Å². The largest absolute Gasteiger partial charge is 0.497 e. The number of carbonyl (C=O) groups is 1. The summed E-state index contributed by atoms with van der Waals surface area (Å²) in [5.41, 5.74) is 1.15. The van der Waals surface area contributed by atoms with Gasteiger partial charge in [-0.05, 0) is 36.4 Å². The van der Waals surface area contributed by atoms with Gasteiger partial charge in [-0.1, -0.05) is 12.1 Å². The van der Waals surface area contributed by atoms with Gasteiger partial charge in [0.05, 0.1) is 13.7 Å². The normalized spacial score (nSPS) is 18.5. The number of nitrogens with one attached hydrogen (secondary N) is 1. The van der Waals surface area contributed by atoms with Crippen molar-refractivity contribution in [3.05, 3.63) is 48.5 Å². The number of ether oxygens (including phenoxy) is 3. The van der Waals surface area contributed by atoms with Crippen LogP contribution in [0, 0.1) is 0 Å². The van der Waals surface area contributed by atoms with E-state index in [9.17, 15) is 4.79 Å². The maximum Gasteiger partial charge on any atom is 0.317 e. The highest BCUT2D eigenvalue weighted by atomic mass is 16.6. The first-order chi connectivity index (χ1) is 13.7. The molecule has 2 aliphatic rings. The topological polar surface area (TPSA) is 63.3 Å². The number of para-hydroxylation sites is 2. The van der Waals surface area contributed by atoms with E-state index in [1.807, 2.05) is 53.4 Å². The Morgan fingerprint density at radius 1 is 1.07 bits per heavy atom. The number of hydrogen-bond donors (Lipinski definition) is 1. The lowest BCUT2D eigenvalue weighted by Crippen LogP contribution is -2.53. The minimum absolute atomic E-state index is 0.0585. The Bertz CT molecular complexity index is 804. The molecule has 1 N–H and O–H groups in total. The van der Waals surface area contributed by atoms with Crippen LogP contribution in [0.4, 0.5) is 10.5 Å². The van der Waals surface area contributed by atoms with Gasteiger partial charge in [0.15, 0.2) is 17.6 Å². The number of carbonyl (C=O) groups excluding carboxylic acids is 1. The molecule has 148 valence electrons. The van der Waals surface area contributed by atoms with Gasteiger partial charge in [-0.3, -0.25) is 0 Å². The standard InChI is InChI=1S/C21H25N3O4/c1-26-17-8-6-16(7-9-17)23-10-12-24(13-11-23)21(25)22-14-18-15-27-19-4-2-3-5-20(19)28-18/h2-9,18H,10-15H2,1H3,(H,22,25)/t18-/m1/s1. The van der Waals surface area contributed by atoms with Crippen molar-refractivity contribution in [2.45, 2.75) is 6.10 Å². The molecule has 0 saturated carbocycles. The summed E-state index contributed by atoms with van der Waals surface area (Å²) in [4.78, 5) is 16.6. The molecule has 1 saturated heterocycles. The summed E-state index contributed by atoms with van der Waals surface area (Å²) in [7, 11) is 1.66. The Morgan fingerprint density at radius 2 is 1.79 bits per heavy atom.